The van der Waals surface area contributed by atoms with Crippen molar-refractivity contribution in [3.63, 3.8) is 0 Å². The van der Waals surface area contributed by atoms with Crippen LogP contribution in [0.15, 0.2) is 69.4 Å². The second-order valence-corrected chi connectivity index (χ2v) is 9.73. The Bertz CT molecular complexity index is 1180. The molecule has 8 nitrogen and oxygen atoms in total. The molecule has 1 atom stereocenters. The maximum Gasteiger partial charge on any atom is 0.293 e. The van der Waals surface area contributed by atoms with Crippen molar-refractivity contribution in [3.8, 4) is 5.75 Å². The molecule has 0 aliphatic carbocycles. The molecule has 1 unspecified atom stereocenters. The Labute approximate surface area is 208 Å². The van der Waals surface area contributed by atoms with Gasteiger partial charge in [0, 0.05) is 48.8 Å². The number of rotatable bonds is 9. The Balaban J connectivity index is 1.39. The molecule has 0 spiro atoms. The maximum atomic E-state index is 11.8. The van der Waals surface area contributed by atoms with Crippen LogP contribution in [-0.2, 0) is 22.5 Å². The second-order valence-electron chi connectivity index (χ2n) is 8.58. The third kappa shape index (κ3) is 7.17. The van der Waals surface area contributed by atoms with E-state index >= 15 is 0 Å². The van der Waals surface area contributed by atoms with Gasteiger partial charge in [-0.25, -0.2) is 4.98 Å². The first-order valence-electron chi connectivity index (χ1n) is 11.6. The Morgan fingerprint density at radius 3 is 2.37 bits per heavy atom. The number of benzene rings is 2. The lowest BCUT2D eigenvalue weighted by Gasteiger charge is -2.26. The molecule has 4 rings (SSSR count). The summed E-state index contributed by atoms with van der Waals surface area (Å²) in [5.41, 5.74) is 2.00. The average molecular weight is 495 g/mol. The molecule has 3 N–H and O–H groups in total. The molecule has 1 aliphatic rings. The summed E-state index contributed by atoms with van der Waals surface area (Å²) in [6.45, 7) is 6.21. The van der Waals surface area contributed by atoms with Crippen LogP contribution in [0.5, 0.6) is 5.75 Å². The number of aromatic hydroxyl groups is 1. The van der Waals surface area contributed by atoms with E-state index in [4.69, 9.17) is 4.74 Å². The number of hydrogen-bond acceptors (Lipinski definition) is 7. The van der Waals surface area contributed by atoms with Crippen LogP contribution in [0.25, 0.3) is 0 Å². The first-order chi connectivity index (χ1) is 17.0. The van der Waals surface area contributed by atoms with Gasteiger partial charge in [-0.1, -0.05) is 36.0 Å². The number of amides is 1. The van der Waals surface area contributed by atoms with Crippen LogP contribution in [0.4, 0.5) is 0 Å². The molecule has 3 aromatic rings. The molecule has 0 radical (unpaired) electrons. The van der Waals surface area contributed by atoms with Crippen molar-refractivity contribution in [3.05, 3.63) is 82.0 Å². The fraction of sp³-hybridized carbons (Fsp3) is 0.346. The lowest BCUT2D eigenvalue weighted by atomic mass is 9.95. The first-order valence-corrected chi connectivity index (χ1v) is 12.5. The number of carbonyl (C=O) groups is 1. The standard InChI is InChI=1S/C26H30N4O4S/c1-18(31)27-15-21(24-25(32)26(33)29-17-28-24)14-19-2-6-22(7-3-19)35-23-8-4-20(5-9-23)16-30-10-12-34-13-11-30/h2-9,17,21,32H,10-16H2,1H3,(H,27,31)(H,28,29,33). The molecule has 9 heteroatoms. The van der Waals surface area contributed by atoms with E-state index in [-0.39, 0.29) is 24.1 Å². The number of aromatic amines is 1. The smallest absolute Gasteiger partial charge is 0.293 e. The molecule has 35 heavy (non-hydrogen) atoms. The number of nitrogens with one attached hydrogen (secondary N) is 2. The van der Waals surface area contributed by atoms with Gasteiger partial charge >= 0.3 is 0 Å². The molecule has 0 bridgehead atoms. The minimum atomic E-state index is -0.592. The highest BCUT2D eigenvalue weighted by atomic mass is 32.2. The van der Waals surface area contributed by atoms with E-state index in [1.165, 1.54) is 23.7 Å². The van der Waals surface area contributed by atoms with Gasteiger partial charge in [0.15, 0.2) is 0 Å². The molecule has 1 amide bonds. The van der Waals surface area contributed by atoms with Gasteiger partial charge in [-0.15, -0.1) is 0 Å². The third-order valence-electron chi connectivity index (χ3n) is 5.92. The van der Waals surface area contributed by atoms with Crippen molar-refractivity contribution < 1.29 is 14.6 Å². The normalized spacial score (nSPS) is 15.0. The van der Waals surface area contributed by atoms with E-state index in [1.54, 1.807) is 11.8 Å². The van der Waals surface area contributed by atoms with E-state index in [9.17, 15) is 14.7 Å². The highest BCUT2D eigenvalue weighted by Crippen LogP contribution is 2.30. The predicted molar refractivity (Wildman–Crippen MR) is 135 cm³/mol. The molecule has 1 saturated heterocycles. The summed E-state index contributed by atoms with van der Waals surface area (Å²) in [7, 11) is 0. The molecule has 0 saturated carbocycles. The maximum absolute atomic E-state index is 11.8. The minimum Gasteiger partial charge on any atom is -0.502 e. The third-order valence-corrected chi connectivity index (χ3v) is 6.93. The summed E-state index contributed by atoms with van der Waals surface area (Å²) in [6, 6.07) is 16.8. The van der Waals surface area contributed by atoms with E-state index in [2.05, 4.69) is 56.6 Å². The molecule has 1 aliphatic heterocycles. The van der Waals surface area contributed by atoms with Gasteiger partial charge in [-0.2, -0.15) is 0 Å². The number of morpholine rings is 1. The lowest BCUT2D eigenvalue weighted by Crippen LogP contribution is -2.35. The minimum absolute atomic E-state index is 0.179. The summed E-state index contributed by atoms with van der Waals surface area (Å²) >= 11 is 1.70. The Hall–Kier alpha value is -3.14. The average Bonchev–Trinajstić information content (AvgIpc) is 2.86. The number of carbonyl (C=O) groups excluding carboxylic acids is 1. The van der Waals surface area contributed by atoms with Crippen molar-refractivity contribution in [1.82, 2.24) is 20.2 Å². The molecule has 2 heterocycles. The number of ether oxygens (including phenoxy) is 1. The zero-order valence-electron chi connectivity index (χ0n) is 19.7. The number of aromatic nitrogens is 2. The van der Waals surface area contributed by atoms with Gasteiger partial charge in [0.2, 0.25) is 11.7 Å². The lowest BCUT2D eigenvalue weighted by molar-refractivity contribution is -0.119. The number of H-pyrrole nitrogens is 1. The van der Waals surface area contributed by atoms with Crippen LogP contribution in [0, 0.1) is 0 Å². The predicted octanol–water partition coefficient (Wildman–Crippen LogP) is 2.92. The summed E-state index contributed by atoms with van der Waals surface area (Å²) in [4.78, 5) is 34.5. The summed E-state index contributed by atoms with van der Waals surface area (Å²) in [5, 5.41) is 13.0. The zero-order valence-corrected chi connectivity index (χ0v) is 20.5. The quantitative estimate of drug-likeness (QED) is 0.420. The highest BCUT2D eigenvalue weighted by molar-refractivity contribution is 7.99. The fourth-order valence-electron chi connectivity index (χ4n) is 4.03. The summed E-state index contributed by atoms with van der Waals surface area (Å²) < 4.78 is 5.42. The molecule has 184 valence electrons. The molecule has 2 aromatic carbocycles. The monoisotopic (exact) mass is 494 g/mol. The fourth-order valence-corrected chi connectivity index (χ4v) is 4.85. The zero-order chi connectivity index (χ0) is 24.6. The van der Waals surface area contributed by atoms with Crippen molar-refractivity contribution in [2.24, 2.45) is 0 Å². The van der Waals surface area contributed by atoms with Crippen molar-refractivity contribution in [2.45, 2.75) is 35.6 Å². The van der Waals surface area contributed by atoms with Crippen LogP contribution in [0.2, 0.25) is 0 Å². The topological polar surface area (TPSA) is 108 Å². The first kappa shape index (κ1) is 25.0. The molecular weight excluding hydrogens is 464 g/mol. The second kappa shape index (κ2) is 12.0. The van der Waals surface area contributed by atoms with Crippen LogP contribution in [0.1, 0.15) is 29.7 Å². The van der Waals surface area contributed by atoms with Crippen LogP contribution >= 0.6 is 11.8 Å². The van der Waals surface area contributed by atoms with E-state index in [1.807, 2.05) is 12.1 Å². The highest BCUT2D eigenvalue weighted by Gasteiger charge is 2.20. The molecule has 1 fully saturated rings. The van der Waals surface area contributed by atoms with Crippen molar-refractivity contribution in [1.29, 1.82) is 0 Å². The van der Waals surface area contributed by atoms with E-state index < -0.39 is 11.3 Å². The van der Waals surface area contributed by atoms with Crippen LogP contribution in [-0.4, -0.2) is 58.7 Å². The Morgan fingerprint density at radius 1 is 1.11 bits per heavy atom. The van der Waals surface area contributed by atoms with Gasteiger partial charge in [-0.05, 0) is 41.8 Å². The van der Waals surface area contributed by atoms with Gasteiger partial charge in [0.1, 0.15) is 0 Å². The summed E-state index contributed by atoms with van der Waals surface area (Å²) in [6.07, 6.45) is 1.79. The van der Waals surface area contributed by atoms with Crippen molar-refractivity contribution >= 4 is 17.7 Å². The number of nitrogens with zero attached hydrogens (tertiary/aromatic N) is 2. The summed E-state index contributed by atoms with van der Waals surface area (Å²) in [5.74, 6) is -0.923. The van der Waals surface area contributed by atoms with E-state index in [0.29, 0.717) is 6.42 Å². The van der Waals surface area contributed by atoms with Crippen molar-refractivity contribution in [2.75, 3.05) is 32.8 Å². The number of hydrogen-bond donors (Lipinski definition) is 3. The van der Waals surface area contributed by atoms with Gasteiger partial charge < -0.3 is 20.1 Å². The molecular formula is C26H30N4O4S. The van der Waals surface area contributed by atoms with Crippen LogP contribution < -0.4 is 10.9 Å². The SMILES string of the molecule is CC(=O)NCC(Cc1ccc(Sc2ccc(CN3CCOCC3)cc2)cc1)c1nc[nH]c(=O)c1O. The molecule has 1 aromatic heterocycles. The Kier molecular flexibility index (Phi) is 8.57. The van der Waals surface area contributed by atoms with Gasteiger partial charge in [0.25, 0.3) is 5.56 Å². The van der Waals surface area contributed by atoms with Gasteiger partial charge in [0.05, 0.1) is 25.2 Å². The Morgan fingerprint density at radius 2 is 1.74 bits per heavy atom. The van der Waals surface area contributed by atoms with Gasteiger partial charge in [-0.3, -0.25) is 14.5 Å². The largest absolute Gasteiger partial charge is 0.502 e. The van der Waals surface area contributed by atoms with Crippen LogP contribution in [0.3, 0.4) is 0 Å². The van der Waals surface area contributed by atoms with E-state index in [0.717, 1.165) is 43.3 Å².